The quantitative estimate of drug-likeness (QED) is 0.542. The standard InChI is InChI=1S/C14H11Cl3N2O6S/c1-6(13(20)19-10-5-8(16)7(15)4-9(10)17)24-14(21)11-2-3-12(25-11)26(18,22)23/h2-6H,1H3,(H,19,20)(H2,18,22,23). The van der Waals surface area contributed by atoms with Crippen LogP contribution in [0.1, 0.15) is 17.5 Å². The van der Waals surface area contributed by atoms with Gasteiger partial charge in [0.2, 0.25) is 10.9 Å². The Kier molecular flexibility index (Phi) is 6.20. The second-order valence-electron chi connectivity index (χ2n) is 4.95. The van der Waals surface area contributed by atoms with Crippen molar-refractivity contribution in [2.24, 2.45) is 5.14 Å². The minimum absolute atomic E-state index is 0.134. The molecular formula is C14H11Cl3N2O6S. The number of furan rings is 1. The van der Waals surface area contributed by atoms with E-state index in [9.17, 15) is 18.0 Å². The lowest BCUT2D eigenvalue weighted by molar-refractivity contribution is -0.123. The maximum Gasteiger partial charge on any atom is 0.375 e. The third-order valence-corrected chi connectivity index (χ3v) is 4.80. The van der Waals surface area contributed by atoms with Gasteiger partial charge in [-0.2, -0.15) is 0 Å². The number of nitrogens with one attached hydrogen (secondary N) is 1. The van der Waals surface area contributed by atoms with Gasteiger partial charge in [-0.25, -0.2) is 18.4 Å². The number of anilines is 1. The van der Waals surface area contributed by atoms with Gasteiger partial charge in [-0.3, -0.25) is 4.79 Å². The lowest BCUT2D eigenvalue weighted by Gasteiger charge is -2.14. The van der Waals surface area contributed by atoms with Crippen molar-refractivity contribution in [1.82, 2.24) is 0 Å². The zero-order chi connectivity index (χ0) is 19.6. The lowest BCUT2D eigenvalue weighted by Crippen LogP contribution is -2.30. The molecule has 8 nitrogen and oxygen atoms in total. The number of primary sulfonamides is 1. The van der Waals surface area contributed by atoms with Crippen LogP contribution < -0.4 is 10.5 Å². The zero-order valence-electron chi connectivity index (χ0n) is 13.0. The number of hydrogen-bond acceptors (Lipinski definition) is 6. The number of rotatable bonds is 5. The summed E-state index contributed by atoms with van der Waals surface area (Å²) in [5, 5.41) is 7.20. The molecule has 2 rings (SSSR count). The zero-order valence-corrected chi connectivity index (χ0v) is 16.0. The molecule has 0 saturated heterocycles. The van der Waals surface area contributed by atoms with E-state index >= 15 is 0 Å². The fraction of sp³-hybridized carbons (Fsp3) is 0.143. The highest BCUT2D eigenvalue weighted by atomic mass is 35.5. The van der Waals surface area contributed by atoms with Crippen LogP contribution in [0.2, 0.25) is 15.1 Å². The predicted octanol–water partition coefficient (Wildman–Crippen LogP) is 3.07. The SMILES string of the molecule is CC(OC(=O)c1ccc(S(N)(=O)=O)o1)C(=O)Nc1cc(Cl)c(Cl)cc1Cl. The van der Waals surface area contributed by atoms with Crippen molar-refractivity contribution in [2.45, 2.75) is 18.1 Å². The van der Waals surface area contributed by atoms with Crippen LogP contribution in [0, 0.1) is 0 Å². The Bertz CT molecular complexity index is 973. The van der Waals surface area contributed by atoms with Crippen molar-refractivity contribution in [3.63, 3.8) is 0 Å². The highest BCUT2D eigenvalue weighted by Crippen LogP contribution is 2.32. The van der Waals surface area contributed by atoms with E-state index in [1.165, 1.54) is 19.1 Å². The fourth-order valence-electron chi connectivity index (χ4n) is 1.71. The molecule has 0 aliphatic carbocycles. The van der Waals surface area contributed by atoms with Gasteiger partial charge in [0.15, 0.2) is 6.10 Å². The van der Waals surface area contributed by atoms with Crippen LogP contribution in [0.25, 0.3) is 0 Å². The highest BCUT2D eigenvalue weighted by Gasteiger charge is 2.24. The Balaban J connectivity index is 2.06. The third-order valence-electron chi connectivity index (χ3n) is 2.98. The number of amides is 1. The van der Waals surface area contributed by atoms with Gasteiger partial charge in [-0.05, 0) is 31.2 Å². The van der Waals surface area contributed by atoms with Gasteiger partial charge in [-0.1, -0.05) is 34.8 Å². The maximum atomic E-state index is 12.1. The summed E-state index contributed by atoms with van der Waals surface area (Å²) in [5.41, 5.74) is 0.170. The normalized spacial score (nSPS) is 12.5. The van der Waals surface area contributed by atoms with Crippen molar-refractivity contribution in [3.05, 3.63) is 45.1 Å². The molecule has 0 fully saturated rings. The minimum atomic E-state index is -4.11. The Hall–Kier alpha value is -1.78. The summed E-state index contributed by atoms with van der Waals surface area (Å²) >= 11 is 17.6. The number of sulfonamides is 1. The molecule has 0 saturated carbocycles. The van der Waals surface area contributed by atoms with Crippen molar-refractivity contribution in [2.75, 3.05) is 5.32 Å². The van der Waals surface area contributed by atoms with Crippen molar-refractivity contribution >= 4 is 62.4 Å². The summed E-state index contributed by atoms with van der Waals surface area (Å²) in [7, 11) is -4.11. The second kappa shape index (κ2) is 7.85. The molecule has 0 bridgehead atoms. The van der Waals surface area contributed by atoms with E-state index in [0.29, 0.717) is 0 Å². The molecule has 2 aromatic rings. The van der Waals surface area contributed by atoms with E-state index in [2.05, 4.69) is 5.32 Å². The number of benzene rings is 1. The van der Waals surface area contributed by atoms with Crippen molar-refractivity contribution < 1.29 is 27.2 Å². The molecule has 1 aromatic carbocycles. The van der Waals surface area contributed by atoms with E-state index in [0.717, 1.165) is 12.1 Å². The van der Waals surface area contributed by atoms with E-state index in [-0.39, 0.29) is 20.8 Å². The summed E-state index contributed by atoms with van der Waals surface area (Å²) < 4.78 is 31.9. The molecule has 0 aliphatic rings. The molecule has 0 radical (unpaired) electrons. The molecule has 1 heterocycles. The average molecular weight is 442 g/mol. The van der Waals surface area contributed by atoms with Gasteiger partial charge in [0, 0.05) is 0 Å². The molecule has 1 aromatic heterocycles. The number of nitrogens with two attached hydrogens (primary N) is 1. The number of hydrogen-bond donors (Lipinski definition) is 2. The Morgan fingerprint density at radius 3 is 2.35 bits per heavy atom. The Morgan fingerprint density at radius 2 is 1.77 bits per heavy atom. The molecule has 140 valence electrons. The summed E-state index contributed by atoms with van der Waals surface area (Å²) in [6.45, 7) is 1.29. The van der Waals surface area contributed by atoms with E-state index in [1.54, 1.807) is 0 Å². The Morgan fingerprint density at radius 1 is 1.15 bits per heavy atom. The molecule has 0 spiro atoms. The van der Waals surface area contributed by atoms with Gasteiger partial charge in [0.1, 0.15) is 0 Å². The lowest BCUT2D eigenvalue weighted by atomic mass is 10.3. The van der Waals surface area contributed by atoms with E-state index in [1.807, 2.05) is 0 Å². The molecule has 1 amide bonds. The number of halogens is 3. The van der Waals surface area contributed by atoms with Crippen LogP contribution in [0.15, 0.2) is 33.8 Å². The highest BCUT2D eigenvalue weighted by molar-refractivity contribution is 7.89. The third kappa shape index (κ3) is 4.89. The van der Waals surface area contributed by atoms with Gasteiger partial charge in [-0.15, -0.1) is 0 Å². The number of carbonyl (C=O) groups excluding carboxylic acids is 2. The smallest absolute Gasteiger partial charge is 0.375 e. The minimum Gasteiger partial charge on any atom is -0.447 e. The molecule has 12 heteroatoms. The summed E-state index contributed by atoms with van der Waals surface area (Å²) in [6.07, 6.45) is -1.25. The maximum absolute atomic E-state index is 12.1. The van der Waals surface area contributed by atoms with Gasteiger partial charge < -0.3 is 14.5 Å². The summed E-state index contributed by atoms with van der Waals surface area (Å²) in [4.78, 5) is 24.0. The first-order chi connectivity index (χ1) is 12.0. The van der Waals surface area contributed by atoms with E-state index in [4.69, 9.17) is 49.1 Å². The summed E-state index contributed by atoms with van der Waals surface area (Å²) in [6, 6.07) is 4.73. The largest absolute Gasteiger partial charge is 0.447 e. The first-order valence-electron chi connectivity index (χ1n) is 6.78. The molecule has 0 aliphatic heterocycles. The van der Waals surface area contributed by atoms with Crippen molar-refractivity contribution in [3.8, 4) is 0 Å². The number of carbonyl (C=O) groups is 2. The molecule has 1 unspecified atom stereocenters. The molecule has 1 atom stereocenters. The summed E-state index contributed by atoms with van der Waals surface area (Å²) in [5.74, 6) is -2.19. The van der Waals surface area contributed by atoms with Gasteiger partial charge in [0.25, 0.3) is 15.9 Å². The first-order valence-corrected chi connectivity index (χ1v) is 9.46. The van der Waals surface area contributed by atoms with Crippen LogP contribution in [-0.2, 0) is 19.6 Å². The molecule has 26 heavy (non-hydrogen) atoms. The second-order valence-corrected chi connectivity index (χ2v) is 7.66. The number of ether oxygens (including phenoxy) is 1. The number of esters is 1. The topological polar surface area (TPSA) is 129 Å². The first kappa shape index (κ1) is 20.5. The molecular weight excluding hydrogens is 431 g/mol. The van der Waals surface area contributed by atoms with Crippen molar-refractivity contribution in [1.29, 1.82) is 0 Å². The van der Waals surface area contributed by atoms with E-state index < -0.39 is 38.9 Å². The Labute approximate surface area is 163 Å². The van der Waals surface area contributed by atoms with Crippen LogP contribution in [0.4, 0.5) is 5.69 Å². The van der Waals surface area contributed by atoms with Crippen LogP contribution in [0.5, 0.6) is 0 Å². The predicted molar refractivity (Wildman–Crippen MR) is 95.1 cm³/mol. The van der Waals surface area contributed by atoms with Crippen LogP contribution >= 0.6 is 34.8 Å². The molecule has 3 N–H and O–H groups in total. The van der Waals surface area contributed by atoms with Gasteiger partial charge in [0.05, 0.1) is 20.8 Å². The van der Waals surface area contributed by atoms with Crippen LogP contribution in [0.3, 0.4) is 0 Å². The average Bonchev–Trinajstić information content (AvgIpc) is 3.02. The fourth-order valence-corrected chi connectivity index (χ4v) is 2.77. The van der Waals surface area contributed by atoms with Gasteiger partial charge >= 0.3 is 5.97 Å². The monoisotopic (exact) mass is 440 g/mol. The van der Waals surface area contributed by atoms with Crippen LogP contribution in [-0.4, -0.2) is 26.4 Å².